The van der Waals surface area contributed by atoms with Crippen molar-refractivity contribution in [3.8, 4) is 0 Å². The van der Waals surface area contributed by atoms with Crippen molar-refractivity contribution in [2.24, 2.45) is 0 Å². The van der Waals surface area contributed by atoms with Gasteiger partial charge in [0.25, 0.3) is 0 Å². The van der Waals surface area contributed by atoms with Gasteiger partial charge in [0.05, 0.1) is 0 Å². The zero-order valence-electron chi connectivity index (χ0n) is 8.90. The summed E-state index contributed by atoms with van der Waals surface area (Å²) in [5.41, 5.74) is -0.277. The third kappa shape index (κ3) is 3.27. The van der Waals surface area contributed by atoms with Crippen molar-refractivity contribution in [2.75, 3.05) is 7.05 Å². The molecule has 15 heavy (non-hydrogen) atoms. The highest BCUT2D eigenvalue weighted by Gasteiger charge is 2.35. The van der Waals surface area contributed by atoms with Crippen molar-refractivity contribution in [1.82, 2.24) is 5.32 Å². The summed E-state index contributed by atoms with van der Waals surface area (Å²) in [6.07, 6.45) is -3.98. The van der Waals surface area contributed by atoms with Crippen LogP contribution >= 0.6 is 0 Å². The van der Waals surface area contributed by atoms with Crippen LogP contribution in [0.1, 0.15) is 25.4 Å². The van der Waals surface area contributed by atoms with Gasteiger partial charge in [-0.3, -0.25) is 0 Å². The lowest BCUT2D eigenvalue weighted by Gasteiger charge is -2.22. The van der Waals surface area contributed by atoms with Crippen LogP contribution in [0.2, 0.25) is 0 Å². The molecule has 0 saturated heterocycles. The van der Waals surface area contributed by atoms with Crippen molar-refractivity contribution in [1.29, 1.82) is 0 Å². The maximum atomic E-state index is 12.2. The van der Waals surface area contributed by atoms with Gasteiger partial charge in [0.2, 0.25) is 5.76 Å². The molecule has 1 N–H and O–H groups in total. The minimum absolute atomic E-state index is 0.277. The Morgan fingerprint density at radius 1 is 1.27 bits per heavy atom. The van der Waals surface area contributed by atoms with Crippen LogP contribution in [0.4, 0.5) is 13.2 Å². The topological polar surface area (TPSA) is 25.2 Å². The van der Waals surface area contributed by atoms with Crippen LogP contribution in [-0.4, -0.2) is 12.6 Å². The molecule has 1 heterocycles. The number of alkyl halides is 3. The molecule has 0 spiro atoms. The second kappa shape index (κ2) is 3.89. The lowest BCUT2D eigenvalue weighted by Crippen LogP contribution is -2.38. The van der Waals surface area contributed by atoms with Gasteiger partial charge in [0.15, 0.2) is 0 Å². The molecule has 0 aliphatic carbocycles. The number of nitrogens with one attached hydrogen (secondary N) is 1. The van der Waals surface area contributed by atoms with Gasteiger partial charge in [-0.25, -0.2) is 0 Å². The smallest absolute Gasteiger partial charge is 0.449 e. The fourth-order valence-electron chi connectivity index (χ4n) is 1.15. The number of likely N-dealkylation sites (N-methyl/N-ethyl adjacent to an activating group) is 1. The molecule has 1 aromatic rings. The summed E-state index contributed by atoms with van der Waals surface area (Å²) in [4.78, 5) is 0. The molecule has 0 aliphatic rings. The molecule has 0 atom stereocenters. The third-order valence-electron chi connectivity index (χ3n) is 2.23. The molecule has 0 amide bonds. The van der Waals surface area contributed by atoms with E-state index in [4.69, 9.17) is 4.42 Å². The molecule has 0 unspecified atom stereocenters. The first-order chi connectivity index (χ1) is 6.74. The fourth-order valence-corrected chi connectivity index (χ4v) is 1.15. The zero-order valence-corrected chi connectivity index (χ0v) is 8.90. The van der Waals surface area contributed by atoms with Crippen molar-refractivity contribution in [2.45, 2.75) is 32.0 Å². The van der Waals surface area contributed by atoms with Crippen LogP contribution < -0.4 is 5.32 Å². The molecule has 1 aromatic heterocycles. The maximum Gasteiger partial charge on any atom is 0.449 e. The standard InChI is InChI=1S/C10H14F3NO/c1-9(2,14-3)6-7-4-5-8(15-7)10(11,12)13/h4-5,14H,6H2,1-3H3. The first-order valence-electron chi connectivity index (χ1n) is 4.59. The molecule has 0 fully saturated rings. The molecule has 0 saturated carbocycles. The minimum atomic E-state index is -4.40. The van der Waals surface area contributed by atoms with Crippen LogP contribution in [0.15, 0.2) is 16.5 Å². The molecule has 86 valence electrons. The first kappa shape index (κ1) is 12.1. The molecule has 0 aromatic carbocycles. The first-order valence-corrected chi connectivity index (χ1v) is 4.59. The highest BCUT2D eigenvalue weighted by Crippen LogP contribution is 2.31. The van der Waals surface area contributed by atoms with Gasteiger partial charge < -0.3 is 9.73 Å². The average molecular weight is 221 g/mol. The van der Waals surface area contributed by atoms with Crippen molar-refractivity contribution < 1.29 is 17.6 Å². The van der Waals surface area contributed by atoms with Gasteiger partial charge in [0, 0.05) is 12.0 Å². The maximum absolute atomic E-state index is 12.2. The number of hydrogen-bond donors (Lipinski definition) is 1. The molecule has 0 radical (unpaired) electrons. The summed E-state index contributed by atoms with van der Waals surface area (Å²) in [5.74, 6) is -0.605. The Morgan fingerprint density at radius 3 is 2.27 bits per heavy atom. The van der Waals surface area contributed by atoms with Crippen LogP contribution in [0.5, 0.6) is 0 Å². The number of furan rings is 1. The number of rotatable bonds is 3. The second-order valence-corrected chi connectivity index (χ2v) is 4.07. The zero-order chi connectivity index (χ0) is 11.7. The summed E-state index contributed by atoms with van der Waals surface area (Å²) < 4.78 is 41.3. The van der Waals surface area contributed by atoms with Crippen molar-refractivity contribution in [3.63, 3.8) is 0 Å². The summed E-state index contributed by atoms with van der Waals surface area (Å²) >= 11 is 0. The van der Waals surface area contributed by atoms with E-state index in [2.05, 4.69) is 5.32 Å². The largest absolute Gasteiger partial charge is 0.456 e. The van der Waals surface area contributed by atoms with Gasteiger partial charge in [-0.15, -0.1) is 0 Å². The molecular formula is C10H14F3NO. The SMILES string of the molecule is CNC(C)(C)Cc1ccc(C(F)(F)F)o1. The van der Waals surface area contributed by atoms with E-state index in [9.17, 15) is 13.2 Å². The molecule has 0 bridgehead atoms. The third-order valence-corrected chi connectivity index (χ3v) is 2.23. The van der Waals surface area contributed by atoms with E-state index >= 15 is 0 Å². The Balaban J connectivity index is 2.78. The van der Waals surface area contributed by atoms with Gasteiger partial charge in [-0.2, -0.15) is 13.2 Å². The van der Waals surface area contributed by atoms with E-state index in [1.807, 2.05) is 13.8 Å². The Morgan fingerprint density at radius 2 is 1.87 bits per heavy atom. The number of halogens is 3. The van der Waals surface area contributed by atoms with Gasteiger partial charge in [-0.1, -0.05) is 0 Å². The lowest BCUT2D eigenvalue weighted by atomic mass is 10.00. The van der Waals surface area contributed by atoms with E-state index in [0.717, 1.165) is 6.07 Å². The predicted octanol–water partition coefficient (Wildman–Crippen LogP) is 2.84. The highest BCUT2D eigenvalue weighted by molar-refractivity contribution is 5.11. The highest BCUT2D eigenvalue weighted by atomic mass is 19.4. The fraction of sp³-hybridized carbons (Fsp3) is 0.600. The van der Waals surface area contributed by atoms with Crippen molar-refractivity contribution >= 4 is 0 Å². The van der Waals surface area contributed by atoms with E-state index in [1.54, 1.807) is 7.05 Å². The summed E-state index contributed by atoms with van der Waals surface area (Å²) in [6, 6.07) is 2.32. The predicted molar refractivity (Wildman–Crippen MR) is 50.6 cm³/mol. The van der Waals surface area contributed by atoms with E-state index in [1.165, 1.54) is 6.07 Å². The Hall–Kier alpha value is -0.970. The molecule has 0 aliphatic heterocycles. The Kier molecular flexibility index (Phi) is 3.13. The van der Waals surface area contributed by atoms with E-state index in [-0.39, 0.29) is 5.54 Å². The summed E-state index contributed by atoms with van der Waals surface area (Å²) in [6.45, 7) is 3.78. The molecule has 5 heteroatoms. The minimum Gasteiger partial charge on any atom is -0.456 e. The van der Waals surface area contributed by atoms with Crippen LogP contribution in [0.3, 0.4) is 0 Å². The number of hydrogen-bond acceptors (Lipinski definition) is 2. The molecule has 2 nitrogen and oxygen atoms in total. The van der Waals surface area contributed by atoms with E-state index in [0.29, 0.717) is 12.2 Å². The van der Waals surface area contributed by atoms with Gasteiger partial charge >= 0.3 is 6.18 Å². The van der Waals surface area contributed by atoms with Crippen LogP contribution in [0, 0.1) is 0 Å². The van der Waals surface area contributed by atoms with Gasteiger partial charge in [-0.05, 0) is 33.0 Å². The summed E-state index contributed by atoms with van der Waals surface area (Å²) in [5, 5.41) is 3.00. The average Bonchev–Trinajstić information content (AvgIpc) is 2.51. The Bertz CT molecular complexity index is 328. The molecule has 1 rings (SSSR count). The van der Waals surface area contributed by atoms with Gasteiger partial charge in [0.1, 0.15) is 5.76 Å². The van der Waals surface area contributed by atoms with Crippen LogP contribution in [0.25, 0.3) is 0 Å². The lowest BCUT2D eigenvalue weighted by molar-refractivity contribution is -0.153. The second-order valence-electron chi connectivity index (χ2n) is 4.07. The van der Waals surface area contributed by atoms with Crippen molar-refractivity contribution in [3.05, 3.63) is 23.7 Å². The quantitative estimate of drug-likeness (QED) is 0.849. The summed E-state index contributed by atoms with van der Waals surface area (Å²) in [7, 11) is 1.76. The van der Waals surface area contributed by atoms with Crippen LogP contribution in [-0.2, 0) is 12.6 Å². The van der Waals surface area contributed by atoms with E-state index < -0.39 is 11.9 Å². The monoisotopic (exact) mass is 221 g/mol. The normalized spacial score (nSPS) is 13.2. The molecular weight excluding hydrogens is 207 g/mol. The Labute approximate surface area is 86.5 Å².